The molecule has 5 rings (SSSR count). The molecule has 1 saturated heterocycles. The Bertz CT molecular complexity index is 1220. The van der Waals surface area contributed by atoms with Crippen molar-refractivity contribution in [2.24, 2.45) is 0 Å². The van der Waals surface area contributed by atoms with Crippen LogP contribution in [0.3, 0.4) is 0 Å². The molecule has 3 heterocycles. The second-order valence-electron chi connectivity index (χ2n) is 10.9. The highest BCUT2D eigenvalue weighted by Gasteiger charge is 2.43. The van der Waals surface area contributed by atoms with Gasteiger partial charge in [-0.2, -0.15) is 0 Å². The standard InChI is InChI=1S/C29H36N4O4/c1-5-29(6-2)17-25(34)33(27(30)32-29)22-13-14-36-23-12-11-18(15-20(22)23)26(35)31-21-16-28(3,4)37-24-10-8-7-9-19(21)24/h7-12,15,21-22H,5-6,13-14,16-17H2,1-4H3,(H2,30,32)(H,31,35)/t21-,22?/m0/s1. The molecule has 3 N–H and O–H groups in total. The smallest absolute Gasteiger partial charge is 0.251 e. The van der Waals surface area contributed by atoms with Crippen molar-refractivity contribution in [3.05, 3.63) is 59.2 Å². The van der Waals surface area contributed by atoms with Crippen molar-refractivity contribution in [1.82, 2.24) is 15.5 Å². The number of hydrogen-bond donors (Lipinski definition) is 3. The average molecular weight is 505 g/mol. The van der Waals surface area contributed by atoms with E-state index in [9.17, 15) is 9.59 Å². The zero-order valence-corrected chi connectivity index (χ0v) is 22.0. The molecule has 0 aliphatic carbocycles. The van der Waals surface area contributed by atoms with Crippen LogP contribution in [0.5, 0.6) is 11.5 Å². The van der Waals surface area contributed by atoms with Gasteiger partial charge in [0.2, 0.25) is 5.91 Å². The molecule has 3 aliphatic heterocycles. The Hall–Kier alpha value is -3.55. The third-order valence-electron chi connectivity index (χ3n) is 8.01. The van der Waals surface area contributed by atoms with E-state index in [0.29, 0.717) is 37.2 Å². The Balaban J connectivity index is 1.41. The van der Waals surface area contributed by atoms with E-state index < -0.39 is 5.60 Å². The summed E-state index contributed by atoms with van der Waals surface area (Å²) in [5, 5.41) is 15.2. The number of benzene rings is 2. The maximum absolute atomic E-state index is 13.5. The molecule has 0 radical (unpaired) electrons. The minimum absolute atomic E-state index is 0.0683. The highest BCUT2D eigenvalue weighted by atomic mass is 16.5. The van der Waals surface area contributed by atoms with E-state index in [1.54, 1.807) is 17.0 Å². The summed E-state index contributed by atoms with van der Waals surface area (Å²) in [5.41, 5.74) is 1.43. The number of para-hydroxylation sites is 1. The quantitative estimate of drug-likeness (QED) is 0.540. The first-order valence-corrected chi connectivity index (χ1v) is 13.2. The second kappa shape index (κ2) is 9.39. The third kappa shape index (κ3) is 4.65. The van der Waals surface area contributed by atoms with Crippen molar-refractivity contribution in [3.63, 3.8) is 0 Å². The molecular formula is C29H36N4O4. The van der Waals surface area contributed by atoms with Gasteiger partial charge in [0.25, 0.3) is 5.91 Å². The van der Waals surface area contributed by atoms with Gasteiger partial charge in [-0.05, 0) is 51.0 Å². The first-order valence-electron chi connectivity index (χ1n) is 13.2. The lowest BCUT2D eigenvalue weighted by atomic mass is 9.85. The SMILES string of the molecule is CCC1(CC)CC(=O)N(C2CCOc3ccc(C(=O)N[C@H]4CC(C)(C)Oc5ccccc54)cc32)C(=N)N1. The molecule has 2 aromatic rings. The maximum atomic E-state index is 13.5. The summed E-state index contributed by atoms with van der Waals surface area (Å²) in [4.78, 5) is 28.3. The summed E-state index contributed by atoms with van der Waals surface area (Å²) >= 11 is 0. The highest BCUT2D eigenvalue weighted by molar-refractivity contribution is 6.00. The van der Waals surface area contributed by atoms with E-state index in [-0.39, 0.29) is 35.4 Å². The molecule has 37 heavy (non-hydrogen) atoms. The number of nitrogens with zero attached hydrogens (tertiary/aromatic N) is 1. The summed E-state index contributed by atoms with van der Waals surface area (Å²) < 4.78 is 12.0. The van der Waals surface area contributed by atoms with Crippen molar-refractivity contribution in [1.29, 1.82) is 5.41 Å². The predicted octanol–water partition coefficient (Wildman–Crippen LogP) is 4.86. The van der Waals surface area contributed by atoms with Gasteiger partial charge in [-0.3, -0.25) is 19.9 Å². The Kier molecular flexibility index (Phi) is 6.38. The molecule has 196 valence electrons. The van der Waals surface area contributed by atoms with Gasteiger partial charge in [0, 0.05) is 35.1 Å². The zero-order valence-electron chi connectivity index (χ0n) is 22.0. The van der Waals surface area contributed by atoms with Crippen LogP contribution in [0, 0.1) is 5.41 Å². The maximum Gasteiger partial charge on any atom is 0.251 e. The van der Waals surface area contributed by atoms with Crippen LogP contribution < -0.4 is 20.1 Å². The number of nitrogens with one attached hydrogen (secondary N) is 3. The summed E-state index contributed by atoms with van der Waals surface area (Å²) in [7, 11) is 0. The molecule has 8 nitrogen and oxygen atoms in total. The molecule has 2 amide bonds. The molecule has 1 unspecified atom stereocenters. The highest BCUT2D eigenvalue weighted by Crippen LogP contribution is 2.41. The van der Waals surface area contributed by atoms with Gasteiger partial charge in [0.15, 0.2) is 5.96 Å². The summed E-state index contributed by atoms with van der Waals surface area (Å²) in [6.45, 7) is 8.57. The van der Waals surface area contributed by atoms with Crippen LogP contribution in [0.15, 0.2) is 42.5 Å². The number of guanidine groups is 1. The lowest BCUT2D eigenvalue weighted by molar-refractivity contribution is -0.133. The van der Waals surface area contributed by atoms with Gasteiger partial charge in [0.1, 0.15) is 17.1 Å². The number of hydrogen-bond acceptors (Lipinski definition) is 5. The van der Waals surface area contributed by atoms with Crippen LogP contribution in [-0.4, -0.2) is 40.4 Å². The largest absolute Gasteiger partial charge is 0.493 e. The van der Waals surface area contributed by atoms with Gasteiger partial charge in [-0.15, -0.1) is 0 Å². The minimum atomic E-state index is -0.407. The fourth-order valence-electron chi connectivity index (χ4n) is 5.82. The molecular weight excluding hydrogens is 468 g/mol. The van der Waals surface area contributed by atoms with Crippen molar-refractivity contribution < 1.29 is 19.1 Å². The van der Waals surface area contributed by atoms with Crippen molar-refractivity contribution in [2.45, 2.75) is 83.0 Å². The Morgan fingerprint density at radius 2 is 1.89 bits per heavy atom. The number of fused-ring (bicyclic) bond motifs is 2. The molecule has 8 heteroatoms. The van der Waals surface area contributed by atoms with Crippen LogP contribution >= 0.6 is 0 Å². The summed E-state index contributed by atoms with van der Waals surface area (Å²) in [6, 6.07) is 12.6. The fourth-order valence-corrected chi connectivity index (χ4v) is 5.82. The number of carbonyl (C=O) groups is 2. The molecule has 2 aromatic carbocycles. The minimum Gasteiger partial charge on any atom is -0.493 e. The molecule has 3 aliphatic rings. The number of ether oxygens (including phenoxy) is 2. The normalized spacial score (nSPS) is 23.6. The molecule has 0 saturated carbocycles. The summed E-state index contributed by atoms with van der Waals surface area (Å²) in [6.07, 6.45) is 3.08. The van der Waals surface area contributed by atoms with E-state index in [4.69, 9.17) is 14.9 Å². The van der Waals surface area contributed by atoms with Crippen LogP contribution in [-0.2, 0) is 4.79 Å². The fraction of sp³-hybridized carbons (Fsp3) is 0.483. The van der Waals surface area contributed by atoms with Crippen LogP contribution in [0.25, 0.3) is 0 Å². The molecule has 0 spiro atoms. The lowest BCUT2D eigenvalue weighted by Crippen LogP contribution is -2.62. The summed E-state index contributed by atoms with van der Waals surface area (Å²) in [5.74, 6) is 1.29. The van der Waals surface area contributed by atoms with Crippen LogP contribution in [0.1, 0.15) is 93.4 Å². The number of rotatable bonds is 5. The first kappa shape index (κ1) is 25.1. The van der Waals surface area contributed by atoms with Gasteiger partial charge < -0.3 is 20.1 Å². The van der Waals surface area contributed by atoms with E-state index in [1.165, 1.54) is 0 Å². The van der Waals surface area contributed by atoms with Crippen molar-refractivity contribution in [2.75, 3.05) is 6.61 Å². The third-order valence-corrected chi connectivity index (χ3v) is 8.01. The van der Waals surface area contributed by atoms with Crippen LogP contribution in [0.4, 0.5) is 0 Å². The van der Waals surface area contributed by atoms with Gasteiger partial charge in [-0.25, -0.2) is 0 Å². The molecule has 0 bridgehead atoms. The van der Waals surface area contributed by atoms with Crippen LogP contribution in [0.2, 0.25) is 0 Å². The Morgan fingerprint density at radius 1 is 1.14 bits per heavy atom. The first-order chi connectivity index (χ1) is 17.6. The van der Waals surface area contributed by atoms with E-state index >= 15 is 0 Å². The lowest BCUT2D eigenvalue weighted by Gasteiger charge is -2.45. The zero-order chi connectivity index (χ0) is 26.4. The van der Waals surface area contributed by atoms with Crippen molar-refractivity contribution in [3.8, 4) is 11.5 Å². The predicted molar refractivity (Wildman–Crippen MR) is 141 cm³/mol. The van der Waals surface area contributed by atoms with Gasteiger partial charge in [0.05, 0.1) is 25.1 Å². The Morgan fingerprint density at radius 3 is 2.62 bits per heavy atom. The van der Waals surface area contributed by atoms with E-state index in [0.717, 1.165) is 29.7 Å². The second-order valence-corrected chi connectivity index (χ2v) is 10.9. The van der Waals surface area contributed by atoms with Gasteiger partial charge in [-0.1, -0.05) is 32.0 Å². The Labute approximate surface area is 218 Å². The van der Waals surface area contributed by atoms with E-state index in [2.05, 4.69) is 10.6 Å². The van der Waals surface area contributed by atoms with E-state index in [1.807, 2.05) is 58.0 Å². The monoisotopic (exact) mass is 504 g/mol. The molecule has 0 aromatic heterocycles. The molecule has 2 atom stereocenters. The van der Waals surface area contributed by atoms with Gasteiger partial charge >= 0.3 is 0 Å². The number of amides is 2. The number of carbonyl (C=O) groups excluding carboxylic acids is 2. The topological polar surface area (TPSA) is 104 Å². The molecule has 1 fully saturated rings. The average Bonchev–Trinajstić information content (AvgIpc) is 2.87. The van der Waals surface area contributed by atoms with Crippen molar-refractivity contribution >= 4 is 17.8 Å².